The Morgan fingerprint density at radius 2 is 1.92 bits per heavy atom. The molecular weight excluding hydrogens is 348 g/mol. The molecule has 0 spiro atoms. The number of hydrogen-bond acceptors (Lipinski definition) is 5. The monoisotopic (exact) mass is 374 g/mol. The number of likely N-dealkylation sites (tertiary alicyclic amines) is 1. The first kappa shape index (κ1) is 18.6. The van der Waals surface area contributed by atoms with Gasteiger partial charge in [0.2, 0.25) is 0 Å². The molecule has 1 saturated heterocycles. The number of carbonyl (C=O) groups is 1. The van der Waals surface area contributed by atoms with Gasteiger partial charge in [0.05, 0.1) is 12.7 Å². The highest BCUT2D eigenvalue weighted by Gasteiger charge is 2.28. The van der Waals surface area contributed by atoms with Crippen molar-refractivity contribution in [3.63, 3.8) is 0 Å². The van der Waals surface area contributed by atoms with Gasteiger partial charge >= 0.3 is 6.03 Å². The number of carbonyl (C=O) groups excluding carboxylic acids is 1. The standard InChI is InChI=1S/C19H26N4O2S/c1-19(2,3)20-18(24)23-11-9-13(10-12-23)16-21-22-17(26-16)14-7-5-6-8-15(14)25-4/h5-8,13H,9-12H2,1-4H3,(H,20,24). The van der Waals surface area contributed by atoms with Crippen LogP contribution in [0.1, 0.15) is 44.5 Å². The highest BCUT2D eigenvalue weighted by atomic mass is 32.1. The Labute approximate surface area is 158 Å². The number of nitrogens with one attached hydrogen (secondary N) is 1. The van der Waals surface area contributed by atoms with Crippen molar-refractivity contribution in [1.29, 1.82) is 0 Å². The summed E-state index contributed by atoms with van der Waals surface area (Å²) in [6.07, 6.45) is 1.83. The molecule has 1 N–H and O–H groups in total. The molecule has 2 aromatic rings. The maximum atomic E-state index is 12.3. The van der Waals surface area contributed by atoms with Crippen molar-refractivity contribution in [3.05, 3.63) is 29.3 Å². The molecule has 0 bridgehead atoms. The molecule has 0 saturated carbocycles. The van der Waals surface area contributed by atoms with Crippen LogP contribution in [-0.4, -0.2) is 46.9 Å². The Hall–Kier alpha value is -2.15. The van der Waals surface area contributed by atoms with Crippen LogP contribution < -0.4 is 10.1 Å². The average molecular weight is 375 g/mol. The first-order valence-electron chi connectivity index (χ1n) is 8.91. The van der Waals surface area contributed by atoms with Crippen LogP contribution in [0.2, 0.25) is 0 Å². The van der Waals surface area contributed by atoms with E-state index in [4.69, 9.17) is 4.74 Å². The van der Waals surface area contributed by atoms with Crippen LogP contribution in [-0.2, 0) is 0 Å². The molecule has 0 atom stereocenters. The summed E-state index contributed by atoms with van der Waals surface area (Å²) >= 11 is 1.62. The molecule has 26 heavy (non-hydrogen) atoms. The Balaban J connectivity index is 1.64. The Bertz CT molecular complexity index is 761. The van der Waals surface area contributed by atoms with Crippen molar-refractivity contribution in [2.45, 2.75) is 45.1 Å². The Morgan fingerprint density at radius 1 is 1.23 bits per heavy atom. The highest BCUT2D eigenvalue weighted by Crippen LogP contribution is 2.36. The van der Waals surface area contributed by atoms with E-state index in [9.17, 15) is 4.79 Å². The maximum absolute atomic E-state index is 12.3. The molecule has 0 aliphatic carbocycles. The number of para-hydroxylation sites is 1. The van der Waals surface area contributed by atoms with E-state index in [1.165, 1.54) is 0 Å². The minimum absolute atomic E-state index is 0.0166. The Morgan fingerprint density at radius 3 is 2.58 bits per heavy atom. The van der Waals surface area contributed by atoms with Gasteiger partial charge < -0.3 is 15.0 Å². The van der Waals surface area contributed by atoms with Crippen molar-refractivity contribution in [2.75, 3.05) is 20.2 Å². The van der Waals surface area contributed by atoms with Gasteiger partial charge in [-0.15, -0.1) is 10.2 Å². The predicted octanol–water partition coefficient (Wildman–Crippen LogP) is 3.90. The van der Waals surface area contributed by atoms with Gasteiger partial charge in [0.1, 0.15) is 10.8 Å². The molecule has 1 fully saturated rings. The molecule has 2 amide bonds. The highest BCUT2D eigenvalue weighted by molar-refractivity contribution is 7.14. The van der Waals surface area contributed by atoms with E-state index in [2.05, 4.69) is 15.5 Å². The zero-order valence-electron chi connectivity index (χ0n) is 15.8. The first-order chi connectivity index (χ1) is 12.4. The summed E-state index contributed by atoms with van der Waals surface area (Å²) in [4.78, 5) is 14.2. The lowest BCUT2D eigenvalue weighted by atomic mass is 9.98. The second-order valence-corrected chi connectivity index (χ2v) is 8.60. The third-order valence-electron chi connectivity index (χ3n) is 4.39. The largest absolute Gasteiger partial charge is 0.496 e. The summed E-state index contributed by atoms with van der Waals surface area (Å²) in [7, 11) is 1.67. The minimum Gasteiger partial charge on any atom is -0.496 e. The van der Waals surface area contributed by atoms with Crippen molar-refractivity contribution in [2.24, 2.45) is 0 Å². The molecule has 1 aliphatic heterocycles. The van der Waals surface area contributed by atoms with Crippen LogP contribution in [0.4, 0.5) is 4.79 Å². The Kier molecular flexibility index (Phi) is 5.46. The molecule has 0 radical (unpaired) electrons. The van der Waals surface area contributed by atoms with Gasteiger partial charge in [-0.25, -0.2) is 4.79 Å². The van der Waals surface area contributed by atoms with Gasteiger partial charge in [-0.2, -0.15) is 0 Å². The third-order valence-corrected chi connectivity index (χ3v) is 5.51. The zero-order chi connectivity index (χ0) is 18.7. The number of benzene rings is 1. The average Bonchev–Trinajstić information content (AvgIpc) is 3.10. The van der Waals surface area contributed by atoms with Crippen LogP contribution in [0.15, 0.2) is 24.3 Å². The maximum Gasteiger partial charge on any atom is 0.317 e. The lowest BCUT2D eigenvalue weighted by Crippen LogP contribution is -2.50. The van der Waals surface area contributed by atoms with E-state index < -0.39 is 0 Å². The molecule has 7 heteroatoms. The van der Waals surface area contributed by atoms with E-state index >= 15 is 0 Å². The normalized spacial score (nSPS) is 15.8. The fourth-order valence-electron chi connectivity index (χ4n) is 3.06. The van der Waals surface area contributed by atoms with Gasteiger partial charge in [-0.3, -0.25) is 0 Å². The molecule has 1 aliphatic rings. The summed E-state index contributed by atoms with van der Waals surface area (Å²) in [5, 5.41) is 13.7. The van der Waals surface area contributed by atoms with E-state index in [0.717, 1.165) is 47.3 Å². The number of amides is 2. The molecule has 2 heterocycles. The second kappa shape index (κ2) is 7.61. The SMILES string of the molecule is COc1ccccc1-c1nnc(C2CCN(C(=O)NC(C)(C)C)CC2)s1. The van der Waals surface area contributed by atoms with E-state index in [1.807, 2.05) is 49.9 Å². The van der Waals surface area contributed by atoms with Crippen molar-refractivity contribution in [3.8, 4) is 16.3 Å². The van der Waals surface area contributed by atoms with Gasteiger partial charge in [0.25, 0.3) is 0 Å². The number of piperidine rings is 1. The summed E-state index contributed by atoms with van der Waals surface area (Å²) in [6, 6.07) is 7.88. The molecule has 6 nitrogen and oxygen atoms in total. The van der Waals surface area contributed by atoms with E-state index in [-0.39, 0.29) is 11.6 Å². The molecular formula is C19H26N4O2S. The number of urea groups is 1. The van der Waals surface area contributed by atoms with E-state index in [0.29, 0.717) is 5.92 Å². The first-order valence-corrected chi connectivity index (χ1v) is 9.73. The minimum atomic E-state index is -0.212. The van der Waals surface area contributed by atoms with Crippen LogP contribution in [0, 0.1) is 0 Å². The van der Waals surface area contributed by atoms with Gasteiger partial charge in [-0.05, 0) is 45.7 Å². The van der Waals surface area contributed by atoms with Crippen molar-refractivity contribution >= 4 is 17.4 Å². The fraction of sp³-hybridized carbons (Fsp3) is 0.526. The number of methoxy groups -OCH3 is 1. The quantitative estimate of drug-likeness (QED) is 0.885. The zero-order valence-corrected chi connectivity index (χ0v) is 16.6. The van der Waals surface area contributed by atoms with Crippen molar-refractivity contribution < 1.29 is 9.53 Å². The number of aromatic nitrogens is 2. The van der Waals surface area contributed by atoms with E-state index in [1.54, 1.807) is 18.4 Å². The summed E-state index contributed by atoms with van der Waals surface area (Å²) < 4.78 is 5.42. The summed E-state index contributed by atoms with van der Waals surface area (Å²) in [6.45, 7) is 7.49. The van der Waals surface area contributed by atoms with Crippen molar-refractivity contribution in [1.82, 2.24) is 20.4 Å². The molecule has 0 unspecified atom stereocenters. The van der Waals surface area contributed by atoms with Crippen LogP contribution in [0.5, 0.6) is 5.75 Å². The lowest BCUT2D eigenvalue weighted by molar-refractivity contribution is 0.173. The lowest BCUT2D eigenvalue weighted by Gasteiger charge is -2.33. The molecule has 1 aromatic carbocycles. The van der Waals surface area contributed by atoms with Crippen LogP contribution >= 0.6 is 11.3 Å². The third kappa shape index (κ3) is 4.33. The van der Waals surface area contributed by atoms with Gasteiger partial charge in [0.15, 0.2) is 5.01 Å². The topological polar surface area (TPSA) is 67.4 Å². The van der Waals surface area contributed by atoms with Crippen LogP contribution in [0.25, 0.3) is 10.6 Å². The smallest absolute Gasteiger partial charge is 0.317 e. The fourth-order valence-corrected chi connectivity index (χ4v) is 4.10. The predicted molar refractivity (Wildman–Crippen MR) is 104 cm³/mol. The van der Waals surface area contributed by atoms with Crippen LogP contribution in [0.3, 0.4) is 0 Å². The summed E-state index contributed by atoms with van der Waals surface area (Å²) in [5.41, 5.74) is 0.761. The molecule has 3 rings (SSSR count). The number of ether oxygens (including phenoxy) is 1. The second-order valence-electron chi connectivity index (χ2n) is 7.59. The number of rotatable bonds is 3. The number of hydrogen-bond donors (Lipinski definition) is 1. The molecule has 140 valence electrons. The van der Waals surface area contributed by atoms with Gasteiger partial charge in [-0.1, -0.05) is 23.5 Å². The summed E-state index contributed by atoms with van der Waals surface area (Å²) in [5.74, 6) is 1.17. The molecule has 1 aromatic heterocycles. The van der Waals surface area contributed by atoms with Gasteiger partial charge in [0, 0.05) is 24.5 Å². The number of nitrogens with zero attached hydrogens (tertiary/aromatic N) is 3.